The number of hydrogen-bond donors (Lipinski definition) is 1. The van der Waals surface area contributed by atoms with Crippen LogP contribution in [0.15, 0.2) is 35.2 Å². The average molecular weight is 210 g/mol. The summed E-state index contributed by atoms with van der Waals surface area (Å²) in [5.74, 6) is 0. The quantitative estimate of drug-likeness (QED) is 0.549. The van der Waals surface area contributed by atoms with Crippen molar-refractivity contribution < 1.29 is 17.7 Å². The Morgan fingerprint density at radius 3 is 2.29 bits per heavy atom. The molecule has 6 heteroatoms. The van der Waals surface area contributed by atoms with Gasteiger partial charge in [0.25, 0.3) is 10.1 Å². The van der Waals surface area contributed by atoms with Gasteiger partial charge in [-0.1, -0.05) is 18.2 Å². The second-order valence-electron chi connectivity index (χ2n) is 2.31. The molecule has 0 unspecified atom stereocenters. The maximum absolute atomic E-state index is 11.3. The summed E-state index contributed by atoms with van der Waals surface area (Å²) in [4.78, 5) is 0.100. The standard InChI is InChI=1S/C8H10O4S.Li.H/c9-6-7-12-13(10,11)8-4-2-1-3-5-8;;/h1-5,9H,6-7H2;;. The van der Waals surface area contributed by atoms with E-state index in [0.717, 1.165) is 0 Å². The second kappa shape index (κ2) is 6.22. The van der Waals surface area contributed by atoms with E-state index in [1.165, 1.54) is 12.1 Å². The topological polar surface area (TPSA) is 63.6 Å². The molecule has 1 rings (SSSR count). The van der Waals surface area contributed by atoms with Gasteiger partial charge in [0.2, 0.25) is 0 Å². The molecule has 0 atom stereocenters. The van der Waals surface area contributed by atoms with E-state index in [-0.39, 0.29) is 37.0 Å². The molecule has 1 N–H and O–H groups in total. The normalized spacial score (nSPS) is 10.6. The van der Waals surface area contributed by atoms with Gasteiger partial charge in [0.1, 0.15) is 0 Å². The third kappa shape index (κ3) is 3.82. The molecule has 74 valence electrons. The minimum absolute atomic E-state index is 0. The van der Waals surface area contributed by atoms with Crippen LogP contribution in [-0.2, 0) is 14.3 Å². The summed E-state index contributed by atoms with van der Waals surface area (Å²) in [6.07, 6.45) is 0. The van der Waals surface area contributed by atoms with Crippen molar-refractivity contribution in [2.24, 2.45) is 0 Å². The van der Waals surface area contributed by atoms with E-state index < -0.39 is 10.1 Å². The van der Waals surface area contributed by atoms with Gasteiger partial charge in [0, 0.05) is 0 Å². The van der Waals surface area contributed by atoms with Crippen LogP contribution in [0.2, 0.25) is 0 Å². The molecule has 0 saturated carbocycles. The third-order valence-corrected chi connectivity index (χ3v) is 2.69. The number of hydrogen-bond acceptors (Lipinski definition) is 4. The summed E-state index contributed by atoms with van der Waals surface area (Å²) >= 11 is 0. The van der Waals surface area contributed by atoms with Crippen LogP contribution in [0.1, 0.15) is 0 Å². The molecular formula is C8H11LiO4S. The molecule has 0 radical (unpaired) electrons. The van der Waals surface area contributed by atoms with Gasteiger partial charge in [-0.25, -0.2) is 0 Å². The van der Waals surface area contributed by atoms with E-state index in [2.05, 4.69) is 4.18 Å². The number of aliphatic hydroxyl groups excluding tert-OH is 1. The first-order valence-corrected chi connectivity index (χ1v) is 5.13. The number of aliphatic hydroxyl groups is 1. The van der Waals surface area contributed by atoms with E-state index in [1.54, 1.807) is 18.2 Å². The van der Waals surface area contributed by atoms with Crippen molar-refractivity contribution in [2.75, 3.05) is 13.2 Å². The summed E-state index contributed by atoms with van der Waals surface area (Å²) in [6.45, 7) is -0.525. The molecule has 0 fully saturated rings. The van der Waals surface area contributed by atoms with Gasteiger partial charge in [-0.2, -0.15) is 8.42 Å². The summed E-state index contributed by atoms with van der Waals surface area (Å²) in [7, 11) is -3.68. The zero-order valence-electron chi connectivity index (χ0n) is 6.88. The fourth-order valence-corrected chi connectivity index (χ4v) is 1.72. The van der Waals surface area contributed by atoms with Crippen LogP contribution in [0.5, 0.6) is 0 Å². The van der Waals surface area contributed by atoms with Gasteiger partial charge in [-0.3, -0.25) is 4.18 Å². The SMILES string of the molecule is O=S(=O)(OCCO)c1ccccc1.[LiH]. The Morgan fingerprint density at radius 2 is 1.79 bits per heavy atom. The Bertz CT molecular complexity index is 349. The zero-order chi connectivity index (χ0) is 9.73. The fourth-order valence-electron chi connectivity index (χ4n) is 0.802. The van der Waals surface area contributed by atoms with E-state index in [1.807, 2.05) is 0 Å². The monoisotopic (exact) mass is 210 g/mol. The average Bonchev–Trinajstić information content (AvgIpc) is 2.16. The molecule has 1 aromatic carbocycles. The van der Waals surface area contributed by atoms with E-state index in [4.69, 9.17) is 5.11 Å². The third-order valence-electron chi connectivity index (χ3n) is 1.36. The number of rotatable bonds is 4. The van der Waals surface area contributed by atoms with Crippen molar-refractivity contribution in [2.45, 2.75) is 4.90 Å². The van der Waals surface area contributed by atoms with Crippen molar-refractivity contribution in [1.82, 2.24) is 0 Å². The van der Waals surface area contributed by atoms with Crippen molar-refractivity contribution in [1.29, 1.82) is 0 Å². The van der Waals surface area contributed by atoms with E-state index in [0.29, 0.717) is 0 Å². The molecule has 1 aromatic rings. The van der Waals surface area contributed by atoms with Gasteiger partial charge < -0.3 is 5.11 Å². The van der Waals surface area contributed by atoms with Crippen LogP contribution in [0, 0.1) is 0 Å². The van der Waals surface area contributed by atoms with Gasteiger partial charge in [0.15, 0.2) is 0 Å². The van der Waals surface area contributed by atoms with Crippen LogP contribution in [0.25, 0.3) is 0 Å². The Morgan fingerprint density at radius 1 is 1.21 bits per heavy atom. The first-order chi connectivity index (χ1) is 6.17. The Hall–Kier alpha value is -0.313. The molecule has 0 bridgehead atoms. The van der Waals surface area contributed by atoms with Crippen molar-refractivity contribution >= 4 is 29.0 Å². The fraction of sp³-hybridized carbons (Fsp3) is 0.250. The second-order valence-corrected chi connectivity index (χ2v) is 3.93. The molecule has 0 aliphatic carbocycles. The van der Waals surface area contributed by atoms with E-state index >= 15 is 0 Å². The van der Waals surface area contributed by atoms with Crippen LogP contribution < -0.4 is 0 Å². The van der Waals surface area contributed by atoms with Crippen molar-refractivity contribution in [3.63, 3.8) is 0 Å². The van der Waals surface area contributed by atoms with Gasteiger partial charge >= 0.3 is 18.9 Å². The van der Waals surface area contributed by atoms with E-state index in [9.17, 15) is 8.42 Å². The zero-order valence-corrected chi connectivity index (χ0v) is 7.70. The molecular weight excluding hydrogens is 199 g/mol. The number of benzene rings is 1. The van der Waals surface area contributed by atoms with Crippen LogP contribution in [0.4, 0.5) is 0 Å². The van der Waals surface area contributed by atoms with Crippen LogP contribution in [-0.4, -0.2) is 45.6 Å². The minimum atomic E-state index is -3.68. The van der Waals surface area contributed by atoms with Gasteiger partial charge in [-0.05, 0) is 12.1 Å². The molecule has 0 aliphatic rings. The molecule has 4 nitrogen and oxygen atoms in total. The van der Waals surface area contributed by atoms with Crippen molar-refractivity contribution in [3.05, 3.63) is 30.3 Å². The summed E-state index contributed by atoms with van der Waals surface area (Å²) < 4.78 is 27.0. The summed E-state index contributed by atoms with van der Waals surface area (Å²) in [5, 5.41) is 8.39. The Balaban J connectivity index is 0.00000169. The first-order valence-electron chi connectivity index (χ1n) is 3.72. The molecule has 0 amide bonds. The maximum atomic E-state index is 11.3. The first kappa shape index (κ1) is 13.7. The van der Waals surface area contributed by atoms with Gasteiger partial charge in [-0.15, -0.1) is 0 Å². The molecule has 0 spiro atoms. The summed E-state index contributed by atoms with van der Waals surface area (Å²) in [5.41, 5.74) is 0. The summed E-state index contributed by atoms with van der Waals surface area (Å²) in [6, 6.07) is 7.80. The van der Waals surface area contributed by atoms with Crippen LogP contribution >= 0.6 is 0 Å². The molecule has 0 aliphatic heterocycles. The predicted octanol–water partition coefficient (Wildman–Crippen LogP) is -0.264. The molecule has 0 heterocycles. The Kier molecular flexibility index (Phi) is 6.08. The molecule has 14 heavy (non-hydrogen) atoms. The molecule has 0 aromatic heterocycles. The van der Waals surface area contributed by atoms with Crippen molar-refractivity contribution in [3.8, 4) is 0 Å². The predicted molar refractivity (Wildman–Crippen MR) is 53.8 cm³/mol. The molecule has 0 saturated heterocycles. The Labute approximate surface area is 95.2 Å². The van der Waals surface area contributed by atoms with Gasteiger partial charge in [0.05, 0.1) is 18.1 Å². The van der Waals surface area contributed by atoms with Crippen LogP contribution in [0.3, 0.4) is 0 Å².